The molecule has 0 aromatic carbocycles. The highest BCUT2D eigenvalue weighted by Gasteiger charge is 2.23. The molecule has 1 rings (SSSR count). The van der Waals surface area contributed by atoms with Crippen LogP contribution in [0.2, 0.25) is 0 Å². The average Bonchev–Trinajstić information content (AvgIpc) is 2.28. The van der Waals surface area contributed by atoms with E-state index in [9.17, 15) is 0 Å². The van der Waals surface area contributed by atoms with Crippen LogP contribution in [0.4, 0.5) is 0 Å². The van der Waals surface area contributed by atoms with Gasteiger partial charge in [-0.1, -0.05) is 0 Å². The van der Waals surface area contributed by atoms with Crippen molar-refractivity contribution < 1.29 is 4.74 Å². The lowest BCUT2D eigenvalue weighted by atomic mass is 9.91. The van der Waals surface area contributed by atoms with Crippen molar-refractivity contribution in [1.82, 2.24) is 4.90 Å². The molecule has 0 amide bonds. The number of nitriles is 1. The van der Waals surface area contributed by atoms with Gasteiger partial charge < -0.3 is 9.64 Å². The lowest BCUT2D eigenvalue weighted by molar-refractivity contribution is 0.00413. The summed E-state index contributed by atoms with van der Waals surface area (Å²) in [5, 5.41) is 8.97. The van der Waals surface area contributed by atoms with Gasteiger partial charge in [-0.25, -0.2) is 0 Å². The molecule has 0 spiro atoms. The second kappa shape index (κ2) is 6.22. The minimum atomic E-state index is -0.196. The number of nitrogens with zero attached hydrogens (tertiary/aromatic N) is 2. The van der Waals surface area contributed by atoms with Gasteiger partial charge >= 0.3 is 0 Å². The molecule has 1 fully saturated rings. The standard InChI is InChI=1S/C13H24N2O/c1-4-16-12-6-5-8-15(10-12)9-7-13(2,3)11-14/h12H,4-10H2,1-3H3. The van der Waals surface area contributed by atoms with Crippen LogP contribution < -0.4 is 0 Å². The van der Waals surface area contributed by atoms with Gasteiger partial charge in [-0.2, -0.15) is 5.26 Å². The van der Waals surface area contributed by atoms with Crippen molar-refractivity contribution in [2.24, 2.45) is 5.41 Å². The summed E-state index contributed by atoms with van der Waals surface area (Å²) >= 11 is 0. The summed E-state index contributed by atoms with van der Waals surface area (Å²) in [5.41, 5.74) is -0.196. The summed E-state index contributed by atoms with van der Waals surface area (Å²) in [6.45, 7) is 10.1. The first kappa shape index (κ1) is 13.5. The summed E-state index contributed by atoms with van der Waals surface area (Å²) in [6.07, 6.45) is 3.76. The first-order valence-corrected chi connectivity index (χ1v) is 6.32. The molecule has 0 radical (unpaired) electrons. The van der Waals surface area contributed by atoms with Crippen molar-refractivity contribution in [3.63, 3.8) is 0 Å². The zero-order chi connectivity index (χ0) is 12.0. The van der Waals surface area contributed by atoms with Gasteiger partial charge in [0, 0.05) is 13.2 Å². The SMILES string of the molecule is CCOC1CCCN(CCC(C)(C)C#N)C1. The minimum Gasteiger partial charge on any atom is -0.377 e. The third-order valence-corrected chi connectivity index (χ3v) is 3.22. The summed E-state index contributed by atoms with van der Waals surface area (Å²) in [6, 6.07) is 2.36. The highest BCUT2D eigenvalue weighted by molar-refractivity contribution is 4.92. The minimum absolute atomic E-state index is 0.196. The Morgan fingerprint density at radius 2 is 2.25 bits per heavy atom. The van der Waals surface area contributed by atoms with E-state index in [-0.39, 0.29) is 5.41 Å². The number of ether oxygens (including phenoxy) is 1. The second-order valence-corrected chi connectivity index (χ2v) is 5.27. The fraction of sp³-hybridized carbons (Fsp3) is 0.923. The molecule has 16 heavy (non-hydrogen) atoms. The summed E-state index contributed by atoms with van der Waals surface area (Å²) in [4.78, 5) is 2.43. The van der Waals surface area contributed by atoms with Crippen molar-refractivity contribution in [2.45, 2.75) is 46.1 Å². The Morgan fingerprint density at radius 1 is 1.50 bits per heavy atom. The first-order chi connectivity index (χ1) is 7.57. The number of piperidine rings is 1. The maximum absolute atomic E-state index is 8.97. The molecule has 1 atom stereocenters. The van der Waals surface area contributed by atoms with Crippen LogP contribution in [0.3, 0.4) is 0 Å². The van der Waals surface area contributed by atoms with E-state index in [1.807, 2.05) is 13.8 Å². The fourth-order valence-corrected chi connectivity index (χ4v) is 2.08. The van der Waals surface area contributed by atoms with E-state index in [2.05, 4.69) is 17.9 Å². The average molecular weight is 224 g/mol. The van der Waals surface area contributed by atoms with Gasteiger partial charge in [0.05, 0.1) is 17.6 Å². The monoisotopic (exact) mass is 224 g/mol. The summed E-state index contributed by atoms with van der Waals surface area (Å²) in [5.74, 6) is 0. The van der Waals surface area contributed by atoms with E-state index in [0.29, 0.717) is 6.10 Å². The summed E-state index contributed by atoms with van der Waals surface area (Å²) in [7, 11) is 0. The van der Waals surface area contributed by atoms with Crippen molar-refractivity contribution >= 4 is 0 Å². The van der Waals surface area contributed by atoms with Gasteiger partial charge in [0.25, 0.3) is 0 Å². The van der Waals surface area contributed by atoms with Crippen molar-refractivity contribution in [3.05, 3.63) is 0 Å². The smallest absolute Gasteiger partial charge is 0.0702 e. The highest BCUT2D eigenvalue weighted by atomic mass is 16.5. The van der Waals surface area contributed by atoms with Crippen LogP contribution in [0.1, 0.15) is 40.0 Å². The Morgan fingerprint density at radius 3 is 2.88 bits per heavy atom. The zero-order valence-electron chi connectivity index (χ0n) is 10.8. The topological polar surface area (TPSA) is 36.3 Å². The quantitative estimate of drug-likeness (QED) is 0.719. The van der Waals surface area contributed by atoms with E-state index in [1.165, 1.54) is 12.8 Å². The van der Waals surface area contributed by atoms with E-state index >= 15 is 0 Å². The van der Waals surface area contributed by atoms with E-state index < -0.39 is 0 Å². The van der Waals surface area contributed by atoms with E-state index in [0.717, 1.165) is 32.7 Å². The van der Waals surface area contributed by atoms with Crippen molar-refractivity contribution in [2.75, 3.05) is 26.2 Å². The van der Waals surface area contributed by atoms with Crippen LogP contribution in [0.25, 0.3) is 0 Å². The van der Waals surface area contributed by atoms with Gasteiger partial charge in [-0.15, -0.1) is 0 Å². The number of hydrogen-bond donors (Lipinski definition) is 0. The molecule has 1 aliphatic heterocycles. The van der Waals surface area contributed by atoms with E-state index in [4.69, 9.17) is 10.00 Å². The second-order valence-electron chi connectivity index (χ2n) is 5.27. The fourth-order valence-electron chi connectivity index (χ4n) is 2.08. The van der Waals surface area contributed by atoms with Crippen LogP contribution in [0.5, 0.6) is 0 Å². The van der Waals surface area contributed by atoms with Crippen LogP contribution in [-0.4, -0.2) is 37.2 Å². The number of likely N-dealkylation sites (tertiary alicyclic amines) is 1. The number of rotatable bonds is 5. The molecule has 0 N–H and O–H groups in total. The van der Waals surface area contributed by atoms with Gasteiger partial charge in [0.2, 0.25) is 0 Å². The third kappa shape index (κ3) is 4.51. The molecule has 0 saturated carbocycles. The van der Waals surface area contributed by atoms with Gasteiger partial charge in [-0.3, -0.25) is 0 Å². The molecule has 0 aliphatic carbocycles. The maximum Gasteiger partial charge on any atom is 0.0702 e. The molecule has 1 unspecified atom stereocenters. The lowest BCUT2D eigenvalue weighted by Crippen LogP contribution is -2.41. The van der Waals surface area contributed by atoms with Crippen LogP contribution in [0, 0.1) is 16.7 Å². The Kier molecular flexibility index (Phi) is 5.24. The number of hydrogen-bond acceptors (Lipinski definition) is 3. The molecule has 92 valence electrons. The molecule has 3 heteroatoms. The molecule has 0 aromatic rings. The summed E-state index contributed by atoms with van der Waals surface area (Å²) < 4.78 is 5.66. The molecule has 1 saturated heterocycles. The predicted molar refractivity (Wildman–Crippen MR) is 65.1 cm³/mol. The highest BCUT2D eigenvalue weighted by Crippen LogP contribution is 2.21. The van der Waals surface area contributed by atoms with Crippen molar-refractivity contribution in [1.29, 1.82) is 5.26 Å². The van der Waals surface area contributed by atoms with Crippen molar-refractivity contribution in [3.8, 4) is 6.07 Å². The molecule has 0 bridgehead atoms. The molecule has 1 aliphatic rings. The van der Waals surface area contributed by atoms with Crippen LogP contribution >= 0.6 is 0 Å². The molecular formula is C13H24N2O. The first-order valence-electron chi connectivity index (χ1n) is 6.32. The Balaban J connectivity index is 2.30. The van der Waals surface area contributed by atoms with Crippen LogP contribution in [-0.2, 0) is 4.74 Å². The van der Waals surface area contributed by atoms with Gasteiger partial charge in [0.15, 0.2) is 0 Å². The normalized spacial score (nSPS) is 23.0. The van der Waals surface area contributed by atoms with Gasteiger partial charge in [-0.05, 0) is 53.1 Å². The Hall–Kier alpha value is -0.590. The Labute approximate surface area is 99.4 Å². The third-order valence-electron chi connectivity index (χ3n) is 3.22. The zero-order valence-corrected chi connectivity index (χ0v) is 10.8. The maximum atomic E-state index is 8.97. The molecule has 3 nitrogen and oxygen atoms in total. The van der Waals surface area contributed by atoms with Crippen LogP contribution in [0.15, 0.2) is 0 Å². The van der Waals surface area contributed by atoms with Gasteiger partial charge in [0.1, 0.15) is 0 Å². The predicted octanol–water partition coefficient (Wildman–Crippen LogP) is 2.43. The molecular weight excluding hydrogens is 200 g/mol. The van der Waals surface area contributed by atoms with E-state index in [1.54, 1.807) is 0 Å². The molecule has 0 aromatic heterocycles. The molecule has 1 heterocycles. The Bertz CT molecular complexity index is 243. The largest absolute Gasteiger partial charge is 0.377 e. The lowest BCUT2D eigenvalue weighted by Gasteiger charge is -2.33.